The van der Waals surface area contributed by atoms with Gasteiger partial charge in [-0.15, -0.1) is 0 Å². The van der Waals surface area contributed by atoms with Crippen LogP contribution in [0.3, 0.4) is 0 Å². The lowest BCUT2D eigenvalue weighted by Crippen LogP contribution is -2.48. The molecule has 1 rings (SSSR count). The number of rotatable bonds is 2. The molecule has 1 heterocycles. The lowest BCUT2D eigenvalue weighted by Gasteiger charge is -2.25. The van der Waals surface area contributed by atoms with E-state index >= 15 is 0 Å². The zero-order chi connectivity index (χ0) is 15.0. The summed E-state index contributed by atoms with van der Waals surface area (Å²) in [6, 6.07) is -1.36. The van der Waals surface area contributed by atoms with Crippen molar-refractivity contribution in [3.05, 3.63) is 0 Å². The van der Waals surface area contributed by atoms with Gasteiger partial charge in [-0.25, -0.2) is 14.5 Å². The lowest BCUT2D eigenvalue weighted by atomic mass is 10.2. The third-order valence-corrected chi connectivity index (χ3v) is 2.94. The molecule has 0 N–H and O–H groups in total. The van der Waals surface area contributed by atoms with E-state index in [4.69, 9.17) is 4.74 Å². The fourth-order valence-corrected chi connectivity index (χ4v) is 1.95. The Kier molecular flexibility index (Phi) is 4.60. The second kappa shape index (κ2) is 5.48. The maximum absolute atomic E-state index is 12.1. The minimum Gasteiger partial charge on any atom is -0.458 e. The molecular weight excluding hydrogens is 316 g/mol. The van der Waals surface area contributed by atoms with Crippen LogP contribution in [0.4, 0.5) is 4.79 Å². The third kappa shape index (κ3) is 3.68. The average Bonchev–Trinajstić information content (AvgIpc) is 2.52. The van der Waals surface area contributed by atoms with Crippen LogP contribution >= 0.6 is 15.9 Å². The minimum atomic E-state index is -0.885. The summed E-state index contributed by atoms with van der Waals surface area (Å²) < 4.78 is 5.25. The van der Waals surface area contributed by atoms with Crippen LogP contribution in [0.15, 0.2) is 0 Å². The Morgan fingerprint density at radius 3 is 2.37 bits per heavy atom. The maximum atomic E-state index is 12.1. The molecule has 0 aliphatic carbocycles. The predicted molar refractivity (Wildman–Crippen MR) is 72.9 cm³/mol. The molecule has 3 amide bonds. The molecule has 1 aliphatic rings. The van der Waals surface area contributed by atoms with Crippen LogP contribution in [-0.4, -0.2) is 57.8 Å². The molecule has 1 fully saturated rings. The molecule has 19 heavy (non-hydrogen) atoms. The molecular formula is C12H19BrN2O4. The molecule has 0 bridgehead atoms. The topological polar surface area (TPSA) is 66.9 Å². The fourth-order valence-electron chi connectivity index (χ4n) is 1.73. The molecule has 108 valence electrons. The molecule has 6 nitrogen and oxygen atoms in total. The Hall–Kier alpha value is -1.11. The summed E-state index contributed by atoms with van der Waals surface area (Å²) in [6.07, 6.45) is 0. The average molecular weight is 335 g/mol. The van der Waals surface area contributed by atoms with Gasteiger partial charge < -0.3 is 9.64 Å². The van der Waals surface area contributed by atoms with Crippen LogP contribution in [0.1, 0.15) is 27.7 Å². The van der Waals surface area contributed by atoms with Crippen molar-refractivity contribution in [2.24, 2.45) is 0 Å². The van der Waals surface area contributed by atoms with Crippen LogP contribution in [-0.2, 0) is 14.3 Å². The van der Waals surface area contributed by atoms with Gasteiger partial charge in [-0.1, -0.05) is 15.9 Å². The molecule has 0 saturated carbocycles. The summed E-state index contributed by atoms with van der Waals surface area (Å²) in [5, 5.41) is 0. The van der Waals surface area contributed by atoms with E-state index in [-0.39, 0.29) is 6.54 Å². The zero-order valence-corrected chi connectivity index (χ0v) is 13.4. The maximum Gasteiger partial charge on any atom is 0.331 e. The van der Waals surface area contributed by atoms with Gasteiger partial charge in [-0.3, -0.25) is 4.79 Å². The Labute approximate surface area is 121 Å². The normalized spacial score (nSPS) is 21.6. The first-order valence-corrected chi connectivity index (χ1v) is 6.91. The second-order valence-corrected chi connectivity index (χ2v) is 6.91. The lowest BCUT2D eigenvalue weighted by molar-refractivity contribution is -0.161. The first-order valence-electron chi connectivity index (χ1n) is 5.99. The van der Waals surface area contributed by atoms with E-state index in [0.717, 1.165) is 4.90 Å². The highest BCUT2D eigenvalue weighted by Crippen LogP contribution is 2.21. The van der Waals surface area contributed by atoms with Gasteiger partial charge in [0.2, 0.25) is 5.91 Å². The number of ether oxygens (including phenoxy) is 1. The highest BCUT2D eigenvalue weighted by atomic mass is 79.9. The number of alkyl halides is 1. The van der Waals surface area contributed by atoms with Crippen LogP contribution in [0, 0.1) is 0 Å². The van der Waals surface area contributed by atoms with Crippen molar-refractivity contribution in [2.75, 3.05) is 13.6 Å². The van der Waals surface area contributed by atoms with Gasteiger partial charge in [0.25, 0.3) is 0 Å². The Balaban J connectivity index is 2.95. The Bertz CT molecular complexity index is 403. The summed E-state index contributed by atoms with van der Waals surface area (Å²) in [5.74, 6) is -1.00. The first-order chi connectivity index (χ1) is 8.54. The molecule has 1 saturated heterocycles. The van der Waals surface area contributed by atoms with Crippen molar-refractivity contribution in [1.29, 1.82) is 0 Å². The summed E-state index contributed by atoms with van der Waals surface area (Å²) in [5.41, 5.74) is -0.657. The SMILES string of the molecule is CC(Br)C(=O)N1C(=O)N(C)C[C@H]1C(=O)OC(C)(C)C. The van der Waals surface area contributed by atoms with E-state index < -0.39 is 34.4 Å². The minimum absolute atomic E-state index is 0.152. The van der Waals surface area contributed by atoms with Crippen molar-refractivity contribution in [1.82, 2.24) is 9.80 Å². The number of carbonyl (C=O) groups excluding carboxylic acids is 3. The number of hydrogen-bond donors (Lipinski definition) is 0. The van der Waals surface area contributed by atoms with Gasteiger partial charge in [0.05, 0.1) is 11.4 Å². The van der Waals surface area contributed by atoms with Crippen LogP contribution in [0.5, 0.6) is 0 Å². The van der Waals surface area contributed by atoms with Gasteiger partial charge in [0.15, 0.2) is 6.04 Å². The number of nitrogens with zero attached hydrogens (tertiary/aromatic N) is 2. The standard InChI is InChI=1S/C12H19BrN2O4/c1-7(13)9(16)15-8(6-14(5)11(15)18)10(17)19-12(2,3)4/h7-8H,6H2,1-5H3/t7?,8-/m0/s1. The summed E-state index contributed by atoms with van der Waals surface area (Å²) in [4.78, 5) is 37.8. The predicted octanol–water partition coefficient (Wildman–Crippen LogP) is 1.37. The van der Waals surface area contributed by atoms with Gasteiger partial charge >= 0.3 is 12.0 Å². The fraction of sp³-hybridized carbons (Fsp3) is 0.750. The van der Waals surface area contributed by atoms with Crippen molar-refractivity contribution >= 4 is 33.8 Å². The number of likely N-dealkylation sites (N-methyl/N-ethyl adjacent to an activating group) is 1. The van der Waals surface area contributed by atoms with Crippen LogP contribution < -0.4 is 0 Å². The van der Waals surface area contributed by atoms with E-state index in [9.17, 15) is 14.4 Å². The van der Waals surface area contributed by atoms with Gasteiger partial charge in [-0.05, 0) is 27.7 Å². The van der Waals surface area contributed by atoms with Gasteiger partial charge in [0, 0.05) is 7.05 Å². The van der Waals surface area contributed by atoms with Crippen molar-refractivity contribution in [3.63, 3.8) is 0 Å². The number of hydrogen-bond acceptors (Lipinski definition) is 4. The number of amides is 3. The molecule has 1 unspecified atom stereocenters. The Morgan fingerprint density at radius 1 is 1.42 bits per heavy atom. The van der Waals surface area contributed by atoms with Crippen molar-refractivity contribution in [2.45, 2.75) is 44.2 Å². The number of urea groups is 1. The quantitative estimate of drug-likeness (QED) is 0.565. The molecule has 0 aromatic rings. The number of halogens is 1. The van der Waals surface area contributed by atoms with E-state index in [2.05, 4.69) is 15.9 Å². The molecule has 2 atom stereocenters. The number of carbonyl (C=O) groups is 3. The summed E-state index contributed by atoms with van der Waals surface area (Å²) in [7, 11) is 1.55. The van der Waals surface area contributed by atoms with E-state index in [1.165, 1.54) is 4.90 Å². The third-order valence-electron chi connectivity index (χ3n) is 2.55. The number of esters is 1. The van der Waals surface area contributed by atoms with E-state index in [0.29, 0.717) is 0 Å². The molecule has 0 aromatic heterocycles. The smallest absolute Gasteiger partial charge is 0.331 e. The molecule has 0 radical (unpaired) electrons. The van der Waals surface area contributed by atoms with Crippen molar-refractivity contribution in [3.8, 4) is 0 Å². The first kappa shape index (κ1) is 15.9. The monoisotopic (exact) mass is 334 g/mol. The molecule has 0 aromatic carbocycles. The summed E-state index contributed by atoms with van der Waals surface area (Å²) >= 11 is 3.12. The zero-order valence-electron chi connectivity index (χ0n) is 11.8. The largest absolute Gasteiger partial charge is 0.458 e. The highest BCUT2D eigenvalue weighted by molar-refractivity contribution is 9.10. The molecule has 7 heteroatoms. The summed E-state index contributed by atoms with van der Waals surface area (Å²) in [6.45, 7) is 6.99. The van der Waals surface area contributed by atoms with Crippen molar-refractivity contribution < 1.29 is 19.1 Å². The molecule has 1 aliphatic heterocycles. The van der Waals surface area contributed by atoms with Crippen LogP contribution in [0.25, 0.3) is 0 Å². The van der Waals surface area contributed by atoms with Crippen LogP contribution in [0.2, 0.25) is 0 Å². The number of imide groups is 1. The van der Waals surface area contributed by atoms with E-state index in [1.54, 1.807) is 34.7 Å². The van der Waals surface area contributed by atoms with Gasteiger partial charge in [0.1, 0.15) is 5.60 Å². The Morgan fingerprint density at radius 2 is 1.95 bits per heavy atom. The van der Waals surface area contributed by atoms with Gasteiger partial charge in [-0.2, -0.15) is 0 Å². The second-order valence-electron chi connectivity index (χ2n) is 5.54. The van der Waals surface area contributed by atoms with E-state index in [1.807, 2.05) is 0 Å². The molecule has 0 spiro atoms. The highest BCUT2D eigenvalue weighted by Gasteiger charge is 2.46.